The molecule has 1 aromatic carbocycles. The fourth-order valence-corrected chi connectivity index (χ4v) is 3.01. The normalized spacial score (nSPS) is 15.1. The average Bonchev–Trinajstić information content (AvgIpc) is 2.47. The van der Waals surface area contributed by atoms with Gasteiger partial charge in [0, 0.05) is 30.6 Å². The van der Waals surface area contributed by atoms with Gasteiger partial charge in [0.2, 0.25) is 0 Å². The van der Waals surface area contributed by atoms with Crippen molar-refractivity contribution >= 4 is 10.9 Å². The Labute approximate surface area is 119 Å². The molecule has 3 nitrogen and oxygen atoms in total. The Morgan fingerprint density at radius 1 is 1.40 bits per heavy atom. The molecule has 1 aliphatic heterocycles. The highest BCUT2D eigenvalue weighted by molar-refractivity contribution is 5.85. The van der Waals surface area contributed by atoms with Crippen LogP contribution >= 0.6 is 0 Å². The van der Waals surface area contributed by atoms with E-state index in [-0.39, 0.29) is 0 Å². The number of hydrogen-bond acceptors (Lipinski definition) is 3. The van der Waals surface area contributed by atoms with Crippen molar-refractivity contribution in [2.24, 2.45) is 0 Å². The third-order valence-electron chi connectivity index (χ3n) is 4.18. The Hall–Kier alpha value is -1.92. The highest BCUT2D eigenvalue weighted by atomic mass is 15.1. The summed E-state index contributed by atoms with van der Waals surface area (Å²) >= 11 is 0. The van der Waals surface area contributed by atoms with Gasteiger partial charge in [-0.05, 0) is 42.3 Å². The average molecular weight is 265 g/mol. The summed E-state index contributed by atoms with van der Waals surface area (Å²) in [5, 5.41) is 10.4. The molecule has 0 saturated heterocycles. The number of likely N-dealkylation sites (N-methyl/N-ethyl adjacent to an activating group) is 1. The van der Waals surface area contributed by atoms with Crippen molar-refractivity contribution in [2.75, 3.05) is 13.6 Å². The molecular formula is C17H19N3. The van der Waals surface area contributed by atoms with Gasteiger partial charge in [0.25, 0.3) is 0 Å². The minimum Gasteiger partial charge on any atom is -0.302 e. The van der Waals surface area contributed by atoms with Crippen molar-refractivity contribution in [1.82, 2.24) is 9.88 Å². The molecule has 0 spiro atoms. The summed E-state index contributed by atoms with van der Waals surface area (Å²) < 4.78 is 0. The van der Waals surface area contributed by atoms with Crippen molar-refractivity contribution in [1.29, 1.82) is 5.26 Å². The van der Waals surface area contributed by atoms with E-state index in [4.69, 9.17) is 4.98 Å². The van der Waals surface area contributed by atoms with E-state index >= 15 is 0 Å². The lowest BCUT2D eigenvalue weighted by molar-refractivity contribution is 0.309. The van der Waals surface area contributed by atoms with E-state index in [1.807, 2.05) is 0 Å². The van der Waals surface area contributed by atoms with E-state index in [0.717, 1.165) is 31.4 Å². The monoisotopic (exact) mass is 265 g/mol. The summed E-state index contributed by atoms with van der Waals surface area (Å²) in [4.78, 5) is 7.14. The van der Waals surface area contributed by atoms with E-state index in [1.165, 1.54) is 27.8 Å². The van der Waals surface area contributed by atoms with Crippen molar-refractivity contribution in [3.63, 3.8) is 0 Å². The third-order valence-corrected chi connectivity index (χ3v) is 4.18. The largest absolute Gasteiger partial charge is 0.302 e. The van der Waals surface area contributed by atoms with Crippen LogP contribution in [-0.2, 0) is 25.8 Å². The number of benzene rings is 1. The summed E-state index contributed by atoms with van der Waals surface area (Å²) in [6.07, 6.45) is 2.47. The standard InChI is InChI=1S/C17H19N3/c1-3-12-4-5-16-14(10-12)13(6-8-18)15-11-20(2)9-7-17(15)19-16/h4-5,10H,3,6-7,9,11H2,1-2H3. The second-order valence-corrected chi connectivity index (χ2v) is 5.54. The summed E-state index contributed by atoms with van der Waals surface area (Å²) in [6, 6.07) is 8.79. The summed E-state index contributed by atoms with van der Waals surface area (Å²) in [5.74, 6) is 0. The van der Waals surface area contributed by atoms with Gasteiger partial charge >= 0.3 is 0 Å². The third kappa shape index (κ3) is 2.17. The first kappa shape index (κ1) is 13.1. The van der Waals surface area contributed by atoms with Crippen LogP contribution in [0, 0.1) is 11.3 Å². The molecule has 102 valence electrons. The SMILES string of the molecule is CCc1ccc2nc3c(c(CC#N)c2c1)CN(C)CC3. The van der Waals surface area contributed by atoms with E-state index in [0.29, 0.717) is 6.42 Å². The van der Waals surface area contributed by atoms with Gasteiger partial charge in [0.15, 0.2) is 0 Å². The molecule has 2 aromatic rings. The lowest BCUT2D eigenvalue weighted by Crippen LogP contribution is -2.28. The Kier molecular flexibility index (Phi) is 3.42. The summed E-state index contributed by atoms with van der Waals surface area (Å²) in [7, 11) is 2.13. The maximum absolute atomic E-state index is 9.19. The molecule has 3 rings (SSSR count). The molecule has 0 saturated carbocycles. The molecule has 1 aromatic heterocycles. The molecule has 0 radical (unpaired) electrons. The molecule has 0 N–H and O–H groups in total. The molecule has 0 unspecified atom stereocenters. The maximum atomic E-state index is 9.19. The van der Waals surface area contributed by atoms with Crippen LogP contribution in [-0.4, -0.2) is 23.5 Å². The summed E-state index contributed by atoms with van der Waals surface area (Å²) in [6.45, 7) is 4.11. The second kappa shape index (κ2) is 5.22. The molecule has 0 atom stereocenters. The van der Waals surface area contributed by atoms with Gasteiger partial charge in [0.05, 0.1) is 18.0 Å². The van der Waals surface area contributed by atoms with Gasteiger partial charge in [0.1, 0.15) is 0 Å². The molecule has 1 aliphatic rings. The smallest absolute Gasteiger partial charge is 0.0708 e. The molecule has 2 heterocycles. The number of nitrogens with zero attached hydrogens (tertiary/aromatic N) is 3. The van der Waals surface area contributed by atoms with Crippen LogP contribution in [0.1, 0.15) is 29.3 Å². The molecule has 0 amide bonds. The Balaban J connectivity index is 2.28. The van der Waals surface area contributed by atoms with Crippen LogP contribution in [0.15, 0.2) is 18.2 Å². The molecule has 0 fully saturated rings. The first-order valence-corrected chi connectivity index (χ1v) is 7.21. The minimum absolute atomic E-state index is 0.475. The van der Waals surface area contributed by atoms with Crippen LogP contribution in [0.25, 0.3) is 10.9 Å². The van der Waals surface area contributed by atoms with Gasteiger partial charge in [-0.3, -0.25) is 4.98 Å². The summed E-state index contributed by atoms with van der Waals surface area (Å²) in [5.41, 5.74) is 6.00. The zero-order valence-corrected chi connectivity index (χ0v) is 12.1. The maximum Gasteiger partial charge on any atom is 0.0708 e. The van der Waals surface area contributed by atoms with Crippen LogP contribution in [0.2, 0.25) is 0 Å². The number of pyridine rings is 1. The Bertz CT molecular complexity index is 697. The lowest BCUT2D eigenvalue weighted by atomic mass is 9.93. The number of rotatable bonds is 2. The minimum atomic E-state index is 0.475. The van der Waals surface area contributed by atoms with Gasteiger partial charge in [-0.1, -0.05) is 13.0 Å². The van der Waals surface area contributed by atoms with Crippen molar-refractivity contribution in [3.05, 3.63) is 40.6 Å². The number of fused-ring (bicyclic) bond motifs is 2. The molecule has 20 heavy (non-hydrogen) atoms. The number of hydrogen-bond donors (Lipinski definition) is 0. The van der Waals surface area contributed by atoms with Gasteiger partial charge in [-0.2, -0.15) is 5.26 Å². The van der Waals surface area contributed by atoms with Crippen molar-refractivity contribution in [2.45, 2.75) is 32.7 Å². The topological polar surface area (TPSA) is 39.9 Å². The first-order valence-electron chi connectivity index (χ1n) is 7.21. The molecule has 0 aliphatic carbocycles. The van der Waals surface area contributed by atoms with Crippen LogP contribution in [0.3, 0.4) is 0 Å². The van der Waals surface area contributed by atoms with E-state index in [9.17, 15) is 5.26 Å². The van der Waals surface area contributed by atoms with Crippen molar-refractivity contribution < 1.29 is 0 Å². The van der Waals surface area contributed by atoms with Crippen LogP contribution in [0.4, 0.5) is 0 Å². The predicted octanol–water partition coefficient (Wildman–Crippen LogP) is 2.85. The fourth-order valence-electron chi connectivity index (χ4n) is 3.01. The number of nitriles is 1. The van der Waals surface area contributed by atoms with Gasteiger partial charge < -0.3 is 4.90 Å². The van der Waals surface area contributed by atoms with E-state index in [1.54, 1.807) is 0 Å². The quantitative estimate of drug-likeness (QED) is 0.838. The molecular weight excluding hydrogens is 246 g/mol. The van der Waals surface area contributed by atoms with E-state index < -0.39 is 0 Å². The Morgan fingerprint density at radius 3 is 3.00 bits per heavy atom. The fraction of sp³-hybridized carbons (Fsp3) is 0.412. The van der Waals surface area contributed by atoms with Gasteiger partial charge in [-0.25, -0.2) is 0 Å². The van der Waals surface area contributed by atoms with Crippen molar-refractivity contribution in [3.8, 4) is 6.07 Å². The van der Waals surface area contributed by atoms with Crippen LogP contribution in [0.5, 0.6) is 0 Å². The molecule has 0 bridgehead atoms. The van der Waals surface area contributed by atoms with E-state index in [2.05, 4.69) is 43.1 Å². The molecule has 3 heteroatoms. The number of aryl methyl sites for hydroxylation is 1. The highest BCUT2D eigenvalue weighted by Crippen LogP contribution is 2.28. The highest BCUT2D eigenvalue weighted by Gasteiger charge is 2.20. The Morgan fingerprint density at radius 2 is 2.25 bits per heavy atom. The first-order chi connectivity index (χ1) is 9.72. The predicted molar refractivity (Wildman–Crippen MR) is 80.5 cm³/mol. The lowest BCUT2D eigenvalue weighted by Gasteiger charge is -2.27. The zero-order chi connectivity index (χ0) is 14.1. The van der Waals surface area contributed by atoms with Gasteiger partial charge in [-0.15, -0.1) is 0 Å². The number of aromatic nitrogens is 1. The zero-order valence-electron chi connectivity index (χ0n) is 12.1. The second-order valence-electron chi connectivity index (χ2n) is 5.54. The van der Waals surface area contributed by atoms with Crippen LogP contribution < -0.4 is 0 Å².